The molecule has 0 fully saturated rings. The Bertz CT molecular complexity index is 654. The quantitative estimate of drug-likeness (QED) is 0.173. The predicted octanol–water partition coefficient (Wildman–Crippen LogP) is 2.66. The van der Waals surface area contributed by atoms with E-state index in [2.05, 4.69) is 24.5 Å². The molecule has 2 rings (SSSR count). The second-order valence-electron chi connectivity index (χ2n) is 4.04. The van der Waals surface area contributed by atoms with Gasteiger partial charge in [0.15, 0.2) is 0 Å². The van der Waals surface area contributed by atoms with E-state index in [4.69, 9.17) is 11.6 Å². The number of nitrogens with zero attached hydrogens (tertiary/aromatic N) is 2. The van der Waals surface area contributed by atoms with Crippen LogP contribution in [0.15, 0.2) is 52.8 Å². The van der Waals surface area contributed by atoms with Gasteiger partial charge < -0.3 is 22.0 Å². The summed E-state index contributed by atoms with van der Waals surface area (Å²) in [5, 5.41) is 19.8. The molecule has 0 bridgehead atoms. The maximum Gasteiger partial charge on any atom is 0.139 e. The molecule has 0 atom stereocenters. The van der Waals surface area contributed by atoms with Crippen LogP contribution in [-0.2, 0) is 0 Å². The first-order valence-corrected chi connectivity index (χ1v) is 6.25. The molecule has 20 heavy (non-hydrogen) atoms. The van der Waals surface area contributed by atoms with Gasteiger partial charge in [0.2, 0.25) is 0 Å². The van der Waals surface area contributed by atoms with Crippen LogP contribution in [0.4, 0.5) is 17.1 Å². The van der Waals surface area contributed by atoms with Crippen LogP contribution in [0.1, 0.15) is 5.56 Å². The lowest BCUT2D eigenvalue weighted by Gasteiger charge is -2.11. The number of phenolic OH excluding ortho intramolecular Hbond substituents is 1. The third-order valence-corrected chi connectivity index (χ3v) is 3.03. The Hall–Kier alpha value is -2.59. The predicted molar refractivity (Wildman–Crippen MR) is 83.7 cm³/mol. The summed E-state index contributed by atoms with van der Waals surface area (Å²) in [5.41, 5.74) is 8.91. The van der Waals surface area contributed by atoms with E-state index >= 15 is 0 Å². The Morgan fingerprint density at radius 3 is 2.50 bits per heavy atom. The van der Waals surface area contributed by atoms with Crippen LogP contribution in [0, 0.1) is 0 Å². The zero-order valence-corrected chi connectivity index (χ0v) is 11.5. The van der Waals surface area contributed by atoms with E-state index in [1.165, 1.54) is 6.07 Å². The summed E-state index contributed by atoms with van der Waals surface area (Å²) in [4.78, 5) is 0. The molecule has 0 spiro atoms. The Morgan fingerprint density at radius 2 is 1.85 bits per heavy atom. The molecule has 6 N–H and O–H groups in total. The Balaban J connectivity index is 2.22. The van der Waals surface area contributed by atoms with Crippen molar-refractivity contribution in [3.05, 3.63) is 48.0 Å². The van der Waals surface area contributed by atoms with Crippen LogP contribution in [0.25, 0.3) is 0 Å². The van der Waals surface area contributed by atoms with E-state index < -0.39 is 0 Å². The fourth-order valence-corrected chi connectivity index (χ4v) is 1.91. The molecule has 0 aromatic heterocycles. The normalized spacial score (nSPS) is 10.6. The summed E-state index contributed by atoms with van der Waals surface area (Å²) in [6, 6.07) is 12.0. The number of nitrogens with two attached hydrogens (primary N) is 2. The topological polar surface area (TPSA) is 109 Å². The summed E-state index contributed by atoms with van der Waals surface area (Å²) in [6.07, 6.45) is 0. The van der Waals surface area contributed by atoms with Gasteiger partial charge in [0.25, 0.3) is 0 Å². The van der Waals surface area contributed by atoms with Gasteiger partial charge in [-0.1, -0.05) is 26.2 Å². The minimum Gasteiger partial charge on any atom is -0.506 e. The SMILES string of the molecule is NN=Nc1ccc(O)c(NC(=P)c2ccc(N)cc2)c1. The number of anilines is 2. The number of nitrogen functional groups attached to an aromatic ring is 1. The molecule has 0 aliphatic rings. The molecule has 0 saturated carbocycles. The molecule has 0 unspecified atom stereocenters. The number of hydrogen-bond donors (Lipinski definition) is 4. The van der Waals surface area contributed by atoms with Crippen molar-refractivity contribution in [2.75, 3.05) is 11.1 Å². The van der Waals surface area contributed by atoms with E-state index in [0.717, 1.165) is 5.56 Å². The van der Waals surface area contributed by atoms with Crippen LogP contribution in [0.2, 0.25) is 0 Å². The van der Waals surface area contributed by atoms with Crippen LogP contribution in [-0.4, -0.2) is 10.5 Å². The van der Waals surface area contributed by atoms with Gasteiger partial charge in [0, 0.05) is 11.3 Å². The lowest BCUT2D eigenvalue weighted by Crippen LogP contribution is -2.10. The Kier molecular flexibility index (Phi) is 4.17. The van der Waals surface area contributed by atoms with E-state index in [-0.39, 0.29) is 5.75 Å². The average Bonchev–Trinajstić information content (AvgIpc) is 2.43. The number of rotatable bonds is 4. The number of benzene rings is 2. The monoisotopic (exact) mass is 287 g/mol. The molecule has 0 radical (unpaired) electrons. The molecule has 0 aliphatic heterocycles. The first-order valence-electron chi connectivity index (χ1n) is 5.75. The lowest BCUT2D eigenvalue weighted by molar-refractivity contribution is 0.478. The lowest BCUT2D eigenvalue weighted by atomic mass is 10.2. The third kappa shape index (κ3) is 3.24. The molecule has 2 aromatic carbocycles. The van der Waals surface area contributed by atoms with Gasteiger partial charge in [-0.15, -0.1) is 5.11 Å². The maximum atomic E-state index is 9.82. The molecular formula is C13H14N5OP. The molecule has 0 saturated heterocycles. The van der Waals surface area contributed by atoms with E-state index in [9.17, 15) is 5.11 Å². The minimum absolute atomic E-state index is 0.0900. The summed E-state index contributed by atoms with van der Waals surface area (Å²) in [6.45, 7) is 0. The molecule has 2 aromatic rings. The highest BCUT2D eigenvalue weighted by atomic mass is 31.0. The van der Waals surface area contributed by atoms with E-state index in [1.54, 1.807) is 24.3 Å². The largest absolute Gasteiger partial charge is 0.506 e. The van der Waals surface area contributed by atoms with Gasteiger partial charge in [-0.2, -0.15) is 0 Å². The first kappa shape index (κ1) is 13.8. The van der Waals surface area contributed by atoms with Crippen molar-refractivity contribution < 1.29 is 5.11 Å². The molecule has 0 amide bonds. The van der Waals surface area contributed by atoms with Crippen molar-refractivity contribution in [3.8, 4) is 5.75 Å². The molecule has 102 valence electrons. The van der Waals surface area contributed by atoms with E-state index in [0.29, 0.717) is 22.5 Å². The van der Waals surface area contributed by atoms with E-state index in [1.807, 2.05) is 12.1 Å². The zero-order valence-electron chi connectivity index (χ0n) is 10.5. The van der Waals surface area contributed by atoms with Crippen molar-refractivity contribution in [2.45, 2.75) is 0 Å². The van der Waals surface area contributed by atoms with Gasteiger partial charge >= 0.3 is 0 Å². The summed E-state index contributed by atoms with van der Waals surface area (Å²) < 4.78 is 0. The van der Waals surface area contributed by atoms with Crippen LogP contribution < -0.4 is 16.9 Å². The van der Waals surface area contributed by atoms with Gasteiger partial charge in [0.05, 0.1) is 16.8 Å². The van der Waals surface area contributed by atoms with Crippen molar-refractivity contribution in [1.82, 2.24) is 0 Å². The van der Waals surface area contributed by atoms with Crippen molar-refractivity contribution in [1.29, 1.82) is 0 Å². The molecule has 7 heteroatoms. The van der Waals surface area contributed by atoms with Gasteiger partial charge in [-0.3, -0.25) is 0 Å². The summed E-state index contributed by atoms with van der Waals surface area (Å²) in [5.74, 6) is 5.09. The smallest absolute Gasteiger partial charge is 0.139 e. The van der Waals surface area contributed by atoms with Crippen LogP contribution >= 0.6 is 8.86 Å². The third-order valence-electron chi connectivity index (χ3n) is 2.61. The second kappa shape index (κ2) is 6.04. The van der Waals surface area contributed by atoms with Crippen molar-refractivity contribution in [3.63, 3.8) is 0 Å². The average molecular weight is 287 g/mol. The Morgan fingerprint density at radius 1 is 1.15 bits per heavy atom. The molecule has 6 nitrogen and oxygen atoms in total. The standard InChI is InChI=1S/C13H14N5OP/c14-9-3-1-8(2-4-9)13(20)16-11-7-10(17-18-15)5-6-12(11)19/h1-7,16,19-20H,14H2,(H2,15,17). The summed E-state index contributed by atoms with van der Waals surface area (Å²) >= 11 is 0. The van der Waals surface area contributed by atoms with Gasteiger partial charge in [-0.25, -0.2) is 0 Å². The number of hydrogen-bond acceptors (Lipinski definition) is 4. The van der Waals surface area contributed by atoms with Crippen molar-refractivity contribution in [2.24, 2.45) is 16.2 Å². The fourth-order valence-electron chi connectivity index (χ4n) is 1.61. The van der Waals surface area contributed by atoms with Gasteiger partial charge in [-0.05, 0) is 30.3 Å². The first-order chi connectivity index (χ1) is 9.60. The fraction of sp³-hybridized carbons (Fsp3) is 0. The number of nitrogens with one attached hydrogen (secondary N) is 1. The maximum absolute atomic E-state index is 9.82. The van der Waals surface area contributed by atoms with Crippen LogP contribution in [0.5, 0.6) is 5.75 Å². The zero-order chi connectivity index (χ0) is 14.5. The number of aromatic hydroxyl groups is 1. The molecule has 0 heterocycles. The highest BCUT2D eigenvalue weighted by molar-refractivity contribution is 7.22. The number of phenols is 1. The highest BCUT2D eigenvalue weighted by Crippen LogP contribution is 2.29. The molecule has 0 aliphatic carbocycles. The highest BCUT2D eigenvalue weighted by Gasteiger charge is 2.06. The molecular weight excluding hydrogens is 273 g/mol. The minimum atomic E-state index is 0.0900. The Labute approximate surface area is 118 Å². The van der Waals surface area contributed by atoms with Crippen LogP contribution in [0.3, 0.4) is 0 Å². The summed E-state index contributed by atoms with van der Waals surface area (Å²) in [7, 11) is 3.48. The second-order valence-corrected chi connectivity index (χ2v) is 4.54. The van der Waals surface area contributed by atoms with Gasteiger partial charge in [0.1, 0.15) is 5.75 Å². The van der Waals surface area contributed by atoms with Crippen molar-refractivity contribution >= 4 is 31.3 Å².